The number of carboxylic acid groups (broad SMARTS) is 1. The highest BCUT2D eigenvalue weighted by molar-refractivity contribution is 6.00. The molecule has 2 aliphatic rings. The quantitative estimate of drug-likeness (QED) is 0.874. The van der Waals surface area contributed by atoms with Gasteiger partial charge in [0.1, 0.15) is 11.4 Å². The van der Waals surface area contributed by atoms with Crippen LogP contribution in [0.15, 0.2) is 18.2 Å². The first-order valence-corrected chi connectivity index (χ1v) is 7.75. The predicted octanol–water partition coefficient (Wildman–Crippen LogP) is 1.43. The molecule has 2 fully saturated rings. The summed E-state index contributed by atoms with van der Waals surface area (Å²) >= 11 is 0. The molecular formula is C16H18FN3O4. The molecule has 7 nitrogen and oxygen atoms in total. The van der Waals surface area contributed by atoms with Gasteiger partial charge in [-0.05, 0) is 38.0 Å². The summed E-state index contributed by atoms with van der Waals surface area (Å²) in [4.78, 5) is 38.6. The van der Waals surface area contributed by atoms with Crippen LogP contribution in [0.5, 0.6) is 0 Å². The van der Waals surface area contributed by atoms with Crippen molar-refractivity contribution in [1.82, 2.24) is 10.2 Å². The molecular weight excluding hydrogens is 317 g/mol. The van der Waals surface area contributed by atoms with Crippen molar-refractivity contribution in [3.8, 4) is 0 Å². The molecule has 1 unspecified atom stereocenters. The van der Waals surface area contributed by atoms with E-state index in [1.165, 1.54) is 28.9 Å². The Bertz CT molecular complexity index is 723. The van der Waals surface area contributed by atoms with Gasteiger partial charge in [-0.2, -0.15) is 0 Å². The highest BCUT2D eigenvalue weighted by atomic mass is 19.1. The van der Waals surface area contributed by atoms with Gasteiger partial charge in [0.25, 0.3) is 5.91 Å². The van der Waals surface area contributed by atoms with Gasteiger partial charge in [-0.3, -0.25) is 9.69 Å². The number of carbonyl (C=O) groups excluding carboxylic acids is 2. The van der Waals surface area contributed by atoms with Gasteiger partial charge in [-0.25, -0.2) is 14.0 Å². The fraction of sp³-hybridized carbons (Fsp3) is 0.438. The average molecular weight is 335 g/mol. The van der Waals surface area contributed by atoms with Crippen molar-refractivity contribution >= 4 is 23.6 Å². The first-order chi connectivity index (χ1) is 11.3. The molecule has 2 aliphatic heterocycles. The maximum atomic E-state index is 14.2. The molecule has 1 aromatic carbocycles. The van der Waals surface area contributed by atoms with Crippen LogP contribution in [-0.2, 0) is 4.79 Å². The Morgan fingerprint density at radius 2 is 2.08 bits per heavy atom. The zero-order valence-electron chi connectivity index (χ0n) is 13.2. The SMILES string of the molecule is CC1(C(=O)O)CCCN1C(=O)c1cc(N2CCNC2=O)ccc1F. The maximum Gasteiger partial charge on any atom is 0.329 e. The minimum absolute atomic E-state index is 0.221. The number of hydrogen-bond donors (Lipinski definition) is 2. The monoisotopic (exact) mass is 335 g/mol. The number of amides is 3. The van der Waals surface area contributed by atoms with E-state index in [-0.39, 0.29) is 18.1 Å². The lowest BCUT2D eigenvalue weighted by Crippen LogP contribution is -2.51. The fourth-order valence-corrected chi connectivity index (χ4v) is 3.22. The minimum atomic E-state index is -1.34. The van der Waals surface area contributed by atoms with Gasteiger partial charge in [0, 0.05) is 25.3 Å². The molecule has 1 aromatic rings. The number of anilines is 1. The largest absolute Gasteiger partial charge is 0.480 e. The van der Waals surface area contributed by atoms with E-state index in [0.29, 0.717) is 31.6 Å². The van der Waals surface area contributed by atoms with Crippen molar-refractivity contribution in [3.05, 3.63) is 29.6 Å². The summed E-state index contributed by atoms with van der Waals surface area (Å²) in [5, 5.41) is 12.1. The molecule has 1 atom stereocenters. The number of benzene rings is 1. The van der Waals surface area contributed by atoms with Gasteiger partial charge < -0.3 is 15.3 Å². The Hall–Kier alpha value is -2.64. The fourth-order valence-electron chi connectivity index (χ4n) is 3.22. The maximum absolute atomic E-state index is 14.2. The van der Waals surface area contributed by atoms with E-state index in [1.807, 2.05) is 0 Å². The molecule has 0 saturated carbocycles. The molecule has 0 aromatic heterocycles. The zero-order valence-corrected chi connectivity index (χ0v) is 13.2. The second-order valence-corrected chi connectivity index (χ2v) is 6.19. The second-order valence-electron chi connectivity index (χ2n) is 6.19. The summed E-state index contributed by atoms with van der Waals surface area (Å²) in [5.41, 5.74) is -1.16. The number of carbonyl (C=O) groups is 3. The van der Waals surface area contributed by atoms with Crippen LogP contribution in [0.25, 0.3) is 0 Å². The highest BCUT2D eigenvalue weighted by Gasteiger charge is 2.46. The molecule has 24 heavy (non-hydrogen) atoms. The lowest BCUT2D eigenvalue weighted by molar-refractivity contribution is -0.147. The number of halogens is 1. The first-order valence-electron chi connectivity index (χ1n) is 7.75. The minimum Gasteiger partial charge on any atom is -0.480 e. The third kappa shape index (κ3) is 2.47. The molecule has 2 N–H and O–H groups in total. The Labute approximate surface area is 138 Å². The number of urea groups is 1. The van der Waals surface area contributed by atoms with Crippen LogP contribution in [0.1, 0.15) is 30.1 Å². The Balaban J connectivity index is 1.95. The van der Waals surface area contributed by atoms with Gasteiger partial charge in [0.2, 0.25) is 0 Å². The summed E-state index contributed by atoms with van der Waals surface area (Å²) in [6.07, 6.45) is 0.869. The van der Waals surface area contributed by atoms with Crippen molar-refractivity contribution in [2.45, 2.75) is 25.3 Å². The van der Waals surface area contributed by atoms with E-state index in [4.69, 9.17) is 0 Å². The summed E-state index contributed by atoms with van der Waals surface area (Å²) in [6.45, 7) is 2.63. The molecule has 3 rings (SSSR count). The van der Waals surface area contributed by atoms with Crippen molar-refractivity contribution in [3.63, 3.8) is 0 Å². The molecule has 0 radical (unpaired) electrons. The smallest absolute Gasteiger partial charge is 0.329 e. The van der Waals surface area contributed by atoms with Gasteiger partial charge in [-0.15, -0.1) is 0 Å². The zero-order chi connectivity index (χ0) is 17.5. The summed E-state index contributed by atoms with van der Waals surface area (Å²) in [5.74, 6) is -2.51. The molecule has 2 heterocycles. The Morgan fingerprint density at radius 3 is 2.71 bits per heavy atom. The van der Waals surface area contributed by atoms with Crippen molar-refractivity contribution in [1.29, 1.82) is 0 Å². The molecule has 128 valence electrons. The molecule has 8 heteroatoms. The molecule has 3 amide bonds. The average Bonchev–Trinajstić information content (AvgIpc) is 3.14. The van der Waals surface area contributed by atoms with Crippen LogP contribution in [0, 0.1) is 5.82 Å². The van der Waals surface area contributed by atoms with E-state index >= 15 is 0 Å². The predicted molar refractivity (Wildman–Crippen MR) is 83.5 cm³/mol. The van der Waals surface area contributed by atoms with Crippen LogP contribution in [-0.4, -0.2) is 53.1 Å². The Morgan fingerprint density at radius 1 is 1.33 bits per heavy atom. The number of nitrogens with one attached hydrogen (secondary N) is 1. The first kappa shape index (κ1) is 16.2. The van der Waals surface area contributed by atoms with Gasteiger partial charge in [0.05, 0.1) is 5.56 Å². The molecule has 0 aliphatic carbocycles. The van der Waals surface area contributed by atoms with E-state index in [9.17, 15) is 23.9 Å². The van der Waals surface area contributed by atoms with Crippen molar-refractivity contribution < 1.29 is 23.9 Å². The van der Waals surface area contributed by atoms with E-state index in [2.05, 4.69) is 5.32 Å². The molecule has 2 saturated heterocycles. The second kappa shape index (κ2) is 5.77. The van der Waals surface area contributed by atoms with E-state index in [0.717, 1.165) is 6.07 Å². The molecule has 0 spiro atoms. The third-order valence-electron chi connectivity index (χ3n) is 4.70. The van der Waals surface area contributed by atoms with Crippen LogP contribution < -0.4 is 10.2 Å². The highest BCUT2D eigenvalue weighted by Crippen LogP contribution is 2.32. The van der Waals surface area contributed by atoms with Crippen LogP contribution in [0.3, 0.4) is 0 Å². The van der Waals surface area contributed by atoms with Crippen LogP contribution in [0.2, 0.25) is 0 Å². The number of rotatable bonds is 3. The van der Waals surface area contributed by atoms with Crippen LogP contribution >= 0.6 is 0 Å². The summed E-state index contributed by atoms with van der Waals surface area (Å²) < 4.78 is 14.2. The standard InChI is InChI=1S/C16H18FN3O4/c1-16(14(22)23)5-2-7-20(16)13(21)11-9-10(3-4-12(11)17)19-8-6-18-15(19)24/h3-4,9H,2,5-8H2,1H3,(H,18,24)(H,22,23). The molecule has 0 bridgehead atoms. The van der Waals surface area contributed by atoms with Crippen molar-refractivity contribution in [2.24, 2.45) is 0 Å². The van der Waals surface area contributed by atoms with E-state index < -0.39 is 23.2 Å². The van der Waals surface area contributed by atoms with Gasteiger partial charge >= 0.3 is 12.0 Å². The van der Waals surface area contributed by atoms with Crippen molar-refractivity contribution in [2.75, 3.05) is 24.5 Å². The summed E-state index contributed by atoms with van der Waals surface area (Å²) in [6, 6.07) is 3.56. The number of carboxylic acids is 1. The topological polar surface area (TPSA) is 89.9 Å². The van der Waals surface area contributed by atoms with Crippen LogP contribution in [0.4, 0.5) is 14.9 Å². The number of hydrogen-bond acceptors (Lipinski definition) is 3. The number of nitrogens with zero attached hydrogens (tertiary/aromatic N) is 2. The van der Waals surface area contributed by atoms with E-state index in [1.54, 1.807) is 0 Å². The normalized spacial score (nSPS) is 23.5. The lowest BCUT2D eigenvalue weighted by Gasteiger charge is -2.31. The number of aliphatic carboxylic acids is 1. The lowest BCUT2D eigenvalue weighted by atomic mass is 9.98. The number of likely N-dealkylation sites (tertiary alicyclic amines) is 1. The van der Waals surface area contributed by atoms with Gasteiger partial charge in [-0.1, -0.05) is 0 Å². The summed E-state index contributed by atoms with van der Waals surface area (Å²) in [7, 11) is 0. The third-order valence-corrected chi connectivity index (χ3v) is 4.70. The van der Waals surface area contributed by atoms with Gasteiger partial charge in [0.15, 0.2) is 0 Å². The Kier molecular flexibility index (Phi) is 3.90.